The summed E-state index contributed by atoms with van der Waals surface area (Å²) in [6.07, 6.45) is 0.696. The van der Waals surface area contributed by atoms with E-state index in [1.54, 1.807) is 0 Å². The fourth-order valence-corrected chi connectivity index (χ4v) is 2.33. The molecule has 2 heteroatoms. The summed E-state index contributed by atoms with van der Waals surface area (Å²) in [7, 11) is 0. The maximum absolute atomic E-state index is 9.33. The van der Waals surface area contributed by atoms with E-state index in [9.17, 15) is 5.26 Å². The summed E-state index contributed by atoms with van der Waals surface area (Å²) >= 11 is 6.14. The number of hydrogen-bond acceptors (Lipinski definition) is 1. The van der Waals surface area contributed by atoms with Crippen molar-refractivity contribution >= 4 is 11.6 Å². The molecule has 1 unspecified atom stereocenters. The molecule has 0 aliphatic rings. The number of halogens is 1. The van der Waals surface area contributed by atoms with Crippen LogP contribution >= 0.6 is 11.6 Å². The predicted octanol–water partition coefficient (Wildman–Crippen LogP) is 4.50. The highest BCUT2D eigenvalue weighted by molar-refractivity contribution is 6.31. The van der Waals surface area contributed by atoms with Gasteiger partial charge in [-0.05, 0) is 30.5 Å². The first-order chi connectivity index (χ1) is 8.70. The van der Waals surface area contributed by atoms with Gasteiger partial charge in [0, 0.05) is 5.02 Å². The number of nitrogens with zero attached hydrogens (tertiary/aromatic N) is 1. The zero-order valence-corrected chi connectivity index (χ0v) is 11.0. The van der Waals surface area contributed by atoms with Gasteiger partial charge in [0.25, 0.3) is 0 Å². The molecule has 2 aromatic carbocycles. The Balaban J connectivity index is 2.26. The summed E-state index contributed by atoms with van der Waals surface area (Å²) in [6.45, 7) is 2.06. The molecule has 2 rings (SSSR count). The van der Waals surface area contributed by atoms with E-state index < -0.39 is 0 Å². The number of aryl methyl sites for hydroxylation is 1. The van der Waals surface area contributed by atoms with Gasteiger partial charge < -0.3 is 0 Å². The van der Waals surface area contributed by atoms with Crippen molar-refractivity contribution in [2.24, 2.45) is 0 Å². The molecule has 0 fully saturated rings. The lowest BCUT2D eigenvalue weighted by Gasteiger charge is -2.11. The summed E-state index contributed by atoms with van der Waals surface area (Å²) < 4.78 is 0. The number of benzene rings is 2. The average molecular weight is 256 g/mol. The Labute approximate surface area is 113 Å². The molecular formula is C16H14ClN. The van der Waals surface area contributed by atoms with Gasteiger partial charge in [-0.25, -0.2) is 0 Å². The molecule has 1 nitrogen and oxygen atoms in total. The van der Waals surface area contributed by atoms with Crippen LogP contribution in [-0.2, 0) is 6.42 Å². The third kappa shape index (κ3) is 2.91. The number of hydrogen-bond donors (Lipinski definition) is 0. The second-order valence-electron chi connectivity index (χ2n) is 4.40. The molecule has 0 N–H and O–H groups in total. The summed E-state index contributed by atoms with van der Waals surface area (Å²) in [5, 5.41) is 9.99. The minimum absolute atomic E-state index is 0.194. The molecule has 0 heterocycles. The Bertz CT molecular complexity index is 584. The van der Waals surface area contributed by atoms with Gasteiger partial charge in [-0.1, -0.05) is 59.6 Å². The topological polar surface area (TPSA) is 23.8 Å². The smallest absolute Gasteiger partial charge is 0.0767 e. The highest BCUT2D eigenvalue weighted by atomic mass is 35.5. The highest BCUT2D eigenvalue weighted by Gasteiger charge is 2.14. The molecule has 90 valence electrons. The molecule has 0 aliphatic carbocycles. The Kier molecular flexibility index (Phi) is 4.02. The minimum atomic E-state index is -0.194. The Morgan fingerprint density at radius 1 is 1.17 bits per heavy atom. The Morgan fingerprint density at radius 3 is 2.61 bits per heavy atom. The minimum Gasteiger partial charge on any atom is -0.198 e. The Morgan fingerprint density at radius 2 is 1.94 bits per heavy atom. The first-order valence-corrected chi connectivity index (χ1v) is 6.28. The third-order valence-electron chi connectivity index (χ3n) is 2.96. The summed E-state index contributed by atoms with van der Waals surface area (Å²) in [6, 6.07) is 18.1. The van der Waals surface area contributed by atoms with E-state index in [0.29, 0.717) is 11.4 Å². The van der Waals surface area contributed by atoms with Crippen molar-refractivity contribution in [1.29, 1.82) is 5.26 Å². The van der Waals surface area contributed by atoms with Crippen LogP contribution in [0.3, 0.4) is 0 Å². The average Bonchev–Trinajstić information content (AvgIpc) is 2.37. The van der Waals surface area contributed by atoms with Gasteiger partial charge in [0.05, 0.1) is 12.0 Å². The van der Waals surface area contributed by atoms with E-state index >= 15 is 0 Å². The lowest BCUT2D eigenvalue weighted by molar-refractivity contribution is 0.848. The van der Waals surface area contributed by atoms with Crippen molar-refractivity contribution in [3.8, 4) is 6.07 Å². The van der Waals surface area contributed by atoms with Crippen LogP contribution in [0.1, 0.15) is 22.6 Å². The van der Waals surface area contributed by atoms with Gasteiger partial charge in [-0.15, -0.1) is 0 Å². The van der Waals surface area contributed by atoms with E-state index in [4.69, 9.17) is 11.6 Å². The van der Waals surface area contributed by atoms with Crippen LogP contribution in [0.2, 0.25) is 5.02 Å². The molecule has 18 heavy (non-hydrogen) atoms. The Hall–Kier alpha value is -1.78. The quantitative estimate of drug-likeness (QED) is 0.792. The molecule has 0 saturated carbocycles. The largest absolute Gasteiger partial charge is 0.198 e. The molecular weight excluding hydrogens is 242 g/mol. The van der Waals surface area contributed by atoms with Crippen molar-refractivity contribution in [2.75, 3.05) is 0 Å². The van der Waals surface area contributed by atoms with E-state index in [-0.39, 0.29) is 5.92 Å². The highest BCUT2D eigenvalue weighted by Crippen LogP contribution is 2.27. The zero-order valence-electron chi connectivity index (χ0n) is 10.2. The van der Waals surface area contributed by atoms with Crippen molar-refractivity contribution < 1.29 is 0 Å². The van der Waals surface area contributed by atoms with Crippen molar-refractivity contribution in [3.63, 3.8) is 0 Å². The maximum atomic E-state index is 9.33. The van der Waals surface area contributed by atoms with E-state index in [2.05, 4.69) is 25.1 Å². The molecule has 0 aliphatic heterocycles. The van der Waals surface area contributed by atoms with Crippen LogP contribution in [0.15, 0.2) is 48.5 Å². The van der Waals surface area contributed by atoms with Crippen molar-refractivity contribution in [1.82, 2.24) is 0 Å². The summed E-state index contributed by atoms with van der Waals surface area (Å²) in [5.41, 5.74) is 3.29. The van der Waals surface area contributed by atoms with Gasteiger partial charge in [0.2, 0.25) is 0 Å². The second-order valence-corrected chi connectivity index (χ2v) is 4.80. The molecule has 0 bridgehead atoms. The van der Waals surface area contributed by atoms with E-state index in [1.165, 1.54) is 11.1 Å². The van der Waals surface area contributed by atoms with Crippen LogP contribution in [0.4, 0.5) is 0 Å². The van der Waals surface area contributed by atoms with Crippen LogP contribution in [0.25, 0.3) is 0 Å². The SMILES string of the molecule is Cc1cccc(CC(C#N)c2ccccc2Cl)c1. The van der Waals surface area contributed by atoms with E-state index in [1.807, 2.05) is 36.4 Å². The lowest BCUT2D eigenvalue weighted by Crippen LogP contribution is -2.01. The van der Waals surface area contributed by atoms with Crippen LogP contribution in [-0.4, -0.2) is 0 Å². The molecule has 0 saturated heterocycles. The molecule has 2 aromatic rings. The van der Waals surface area contributed by atoms with Crippen LogP contribution in [0.5, 0.6) is 0 Å². The van der Waals surface area contributed by atoms with Gasteiger partial charge in [-0.2, -0.15) is 5.26 Å². The fraction of sp³-hybridized carbons (Fsp3) is 0.188. The second kappa shape index (κ2) is 5.71. The predicted molar refractivity (Wildman–Crippen MR) is 74.7 cm³/mol. The normalized spacial score (nSPS) is 11.8. The fourth-order valence-electron chi connectivity index (χ4n) is 2.06. The summed E-state index contributed by atoms with van der Waals surface area (Å²) in [4.78, 5) is 0. The first kappa shape index (κ1) is 12.7. The number of rotatable bonds is 3. The lowest BCUT2D eigenvalue weighted by atomic mass is 9.93. The summed E-state index contributed by atoms with van der Waals surface area (Å²) in [5.74, 6) is -0.194. The first-order valence-electron chi connectivity index (χ1n) is 5.90. The van der Waals surface area contributed by atoms with E-state index in [0.717, 1.165) is 5.56 Å². The van der Waals surface area contributed by atoms with Crippen LogP contribution < -0.4 is 0 Å². The van der Waals surface area contributed by atoms with Gasteiger partial charge >= 0.3 is 0 Å². The number of nitriles is 1. The third-order valence-corrected chi connectivity index (χ3v) is 3.30. The molecule has 0 amide bonds. The molecule has 0 radical (unpaired) electrons. The van der Waals surface area contributed by atoms with Crippen molar-refractivity contribution in [2.45, 2.75) is 19.3 Å². The molecule has 0 spiro atoms. The molecule has 1 atom stereocenters. The van der Waals surface area contributed by atoms with Crippen LogP contribution in [0, 0.1) is 18.3 Å². The standard InChI is InChI=1S/C16H14ClN/c1-12-5-4-6-13(9-12)10-14(11-18)15-7-2-3-8-16(15)17/h2-9,14H,10H2,1H3. The van der Waals surface area contributed by atoms with Gasteiger partial charge in [0.15, 0.2) is 0 Å². The molecule has 0 aromatic heterocycles. The zero-order chi connectivity index (χ0) is 13.0. The maximum Gasteiger partial charge on any atom is 0.0767 e. The van der Waals surface area contributed by atoms with Gasteiger partial charge in [0.1, 0.15) is 0 Å². The monoisotopic (exact) mass is 255 g/mol. The van der Waals surface area contributed by atoms with Crippen molar-refractivity contribution in [3.05, 3.63) is 70.2 Å². The van der Waals surface area contributed by atoms with Gasteiger partial charge in [-0.3, -0.25) is 0 Å².